The number of hydrogen-bond donors (Lipinski definition) is 2. The molecule has 1 heterocycles. The minimum Gasteiger partial charge on any atom is -0.374 e. The molecule has 8 nitrogen and oxygen atoms in total. The molecule has 0 aromatic heterocycles. The van der Waals surface area contributed by atoms with Gasteiger partial charge in [0.1, 0.15) is 6.04 Å². The highest BCUT2D eigenvalue weighted by Crippen LogP contribution is 2.36. The smallest absolute Gasteiger partial charge is 0.247 e. The van der Waals surface area contributed by atoms with E-state index in [0.717, 1.165) is 11.1 Å². The Morgan fingerprint density at radius 2 is 1.68 bits per heavy atom. The summed E-state index contributed by atoms with van der Waals surface area (Å²) in [5.41, 5.74) is 6.13. The van der Waals surface area contributed by atoms with Crippen molar-refractivity contribution in [3.8, 4) is 0 Å². The molecule has 0 bridgehead atoms. The van der Waals surface area contributed by atoms with Crippen molar-refractivity contribution in [3.05, 3.63) is 71.8 Å². The molecule has 8 heteroatoms. The summed E-state index contributed by atoms with van der Waals surface area (Å²) in [6.07, 6.45) is 1.09. The van der Waals surface area contributed by atoms with Gasteiger partial charge >= 0.3 is 0 Å². The van der Waals surface area contributed by atoms with Crippen molar-refractivity contribution in [3.63, 3.8) is 0 Å². The number of amides is 3. The average Bonchev–Trinajstić information content (AvgIpc) is 3.32. The number of carbonyl (C=O) groups excluding carboxylic acids is 3. The van der Waals surface area contributed by atoms with Crippen LogP contribution in [0, 0.1) is 5.41 Å². The summed E-state index contributed by atoms with van der Waals surface area (Å²) < 4.78 is 5.85. The molecule has 1 aliphatic rings. The lowest BCUT2D eigenvalue weighted by Gasteiger charge is -2.33. The van der Waals surface area contributed by atoms with Crippen LogP contribution in [0.15, 0.2) is 60.7 Å². The van der Waals surface area contributed by atoms with Crippen LogP contribution >= 0.6 is 0 Å². The van der Waals surface area contributed by atoms with Crippen LogP contribution in [0.3, 0.4) is 0 Å². The first kappa shape index (κ1) is 28.3. The highest BCUT2D eigenvalue weighted by atomic mass is 16.5. The monoisotopic (exact) mass is 508 g/mol. The normalized spacial score (nSPS) is 18.4. The van der Waals surface area contributed by atoms with E-state index in [1.807, 2.05) is 67.6 Å². The highest BCUT2D eigenvalue weighted by Gasteiger charge is 2.48. The molecule has 0 spiro atoms. The van der Waals surface area contributed by atoms with Crippen molar-refractivity contribution in [1.82, 2.24) is 15.1 Å². The fourth-order valence-corrected chi connectivity index (χ4v) is 4.60. The molecule has 2 unspecified atom stereocenters. The van der Waals surface area contributed by atoms with Crippen molar-refractivity contribution in [2.24, 2.45) is 11.1 Å². The summed E-state index contributed by atoms with van der Waals surface area (Å²) in [6, 6.07) is 18.6. The van der Waals surface area contributed by atoms with Crippen LogP contribution in [-0.2, 0) is 32.1 Å². The number of hydrogen-bond acceptors (Lipinski definition) is 5. The molecule has 1 fully saturated rings. The maximum absolute atomic E-state index is 13.7. The van der Waals surface area contributed by atoms with Gasteiger partial charge in [-0.05, 0) is 44.7 Å². The fourth-order valence-electron chi connectivity index (χ4n) is 4.60. The van der Waals surface area contributed by atoms with E-state index in [2.05, 4.69) is 5.32 Å². The van der Waals surface area contributed by atoms with Gasteiger partial charge in [-0.15, -0.1) is 0 Å². The van der Waals surface area contributed by atoms with Gasteiger partial charge in [0.2, 0.25) is 17.7 Å². The first-order valence-electron chi connectivity index (χ1n) is 12.9. The van der Waals surface area contributed by atoms with E-state index in [1.165, 1.54) is 0 Å². The van der Waals surface area contributed by atoms with Crippen LogP contribution in [-0.4, -0.2) is 72.4 Å². The van der Waals surface area contributed by atoms with Crippen molar-refractivity contribution in [2.45, 2.75) is 51.8 Å². The average molecular weight is 509 g/mol. The molecule has 3 rings (SSSR count). The Morgan fingerprint density at radius 3 is 2.24 bits per heavy atom. The quantitative estimate of drug-likeness (QED) is 0.485. The molecular formula is C29H40N4O4. The highest BCUT2D eigenvalue weighted by molar-refractivity contribution is 5.92. The Kier molecular flexibility index (Phi) is 9.45. The molecule has 0 aliphatic carbocycles. The van der Waals surface area contributed by atoms with Crippen LogP contribution in [0.2, 0.25) is 0 Å². The van der Waals surface area contributed by atoms with Gasteiger partial charge in [-0.1, -0.05) is 60.7 Å². The zero-order chi connectivity index (χ0) is 27.1. The number of nitrogens with zero attached hydrogens (tertiary/aromatic N) is 2. The van der Waals surface area contributed by atoms with Crippen LogP contribution in [0.4, 0.5) is 0 Å². The van der Waals surface area contributed by atoms with Crippen LogP contribution in [0.5, 0.6) is 0 Å². The summed E-state index contributed by atoms with van der Waals surface area (Å²) in [5, 5.41) is 2.78. The third kappa shape index (κ3) is 7.40. The predicted molar refractivity (Wildman–Crippen MR) is 143 cm³/mol. The third-order valence-corrected chi connectivity index (χ3v) is 6.91. The molecule has 200 valence electrons. The zero-order valence-electron chi connectivity index (χ0n) is 22.4. The van der Waals surface area contributed by atoms with Crippen LogP contribution in [0.1, 0.15) is 38.3 Å². The summed E-state index contributed by atoms with van der Waals surface area (Å²) in [7, 11) is 1.79. The molecule has 1 saturated heterocycles. The molecule has 2 atom stereocenters. The Balaban J connectivity index is 1.79. The molecule has 3 amide bonds. The Hall–Kier alpha value is -3.23. The third-order valence-electron chi connectivity index (χ3n) is 6.91. The fraction of sp³-hybridized carbons (Fsp3) is 0.483. The van der Waals surface area contributed by atoms with Gasteiger partial charge in [-0.3, -0.25) is 14.4 Å². The van der Waals surface area contributed by atoms with Crippen molar-refractivity contribution < 1.29 is 19.1 Å². The standard InChI is InChI=1S/C29H40N4O4/c1-5-32(4)27(36)29(18-22-12-8-6-9-13-22)16-17-33(21-29)25(34)24(31-26(35)28(2,3)30)20-37-19-23-14-10-7-11-15-23/h6-15,24H,5,16-21,30H2,1-4H3,(H,31,35). The largest absolute Gasteiger partial charge is 0.374 e. The second-order valence-electron chi connectivity index (χ2n) is 10.5. The SMILES string of the molecule is CCN(C)C(=O)C1(Cc2ccccc2)CCN(C(=O)C(COCc2ccccc2)NC(=O)C(C)(C)N)C1. The maximum Gasteiger partial charge on any atom is 0.247 e. The van der Waals surface area contributed by atoms with Crippen molar-refractivity contribution in [1.29, 1.82) is 0 Å². The van der Waals surface area contributed by atoms with Crippen molar-refractivity contribution >= 4 is 17.7 Å². The van der Waals surface area contributed by atoms with Gasteiger partial charge < -0.3 is 25.6 Å². The van der Waals surface area contributed by atoms with E-state index < -0.39 is 22.9 Å². The lowest BCUT2D eigenvalue weighted by molar-refractivity contribution is -0.142. The van der Waals surface area contributed by atoms with E-state index >= 15 is 0 Å². The topological polar surface area (TPSA) is 105 Å². The maximum atomic E-state index is 13.7. The van der Waals surface area contributed by atoms with Crippen LogP contribution < -0.4 is 11.1 Å². The number of nitrogens with two attached hydrogens (primary N) is 1. The number of nitrogens with one attached hydrogen (secondary N) is 1. The van der Waals surface area contributed by atoms with Gasteiger partial charge in [-0.2, -0.15) is 0 Å². The first-order chi connectivity index (χ1) is 17.6. The first-order valence-corrected chi connectivity index (χ1v) is 12.9. The Labute approximate surface area is 220 Å². The van der Waals surface area contributed by atoms with Gasteiger partial charge in [0.25, 0.3) is 0 Å². The molecule has 0 radical (unpaired) electrons. The zero-order valence-corrected chi connectivity index (χ0v) is 22.4. The summed E-state index contributed by atoms with van der Waals surface area (Å²) in [5.74, 6) is -0.684. The second kappa shape index (κ2) is 12.3. The van der Waals surface area contributed by atoms with Gasteiger partial charge in [0, 0.05) is 26.7 Å². The second-order valence-corrected chi connectivity index (χ2v) is 10.5. The number of benzene rings is 2. The Morgan fingerprint density at radius 1 is 1.08 bits per heavy atom. The number of ether oxygens (including phenoxy) is 1. The molecule has 3 N–H and O–H groups in total. The lowest BCUT2D eigenvalue weighted by Crippen LogP contribution is -2.58. The summed E-state index contributed by atoms with van der Waals surface area (Å²) >= 11 is 0. The Bertz CT molecular complexity index is 1050. The number of carbonyl (C=O) groups is 3. The van der Waals surface area contributed by atoms with E-state index in [4.69, 9.17) is 10.5 Å². The van der Waals surface area contributed by atoms with E-state index in [0.29, 0.717) is 32.5 Å². The minimum atomic E-state index is -1.15. The predicted octanol–water partition coefficient (Wildman–Crippen LogP) is 2.37. The molecule has 37 heavy (non-hydrogen) atoms. The number of likely N-dealkylation sites (tertiary alicyclic amines) is 1. The lowest BCUT2D eigenvalue weighted by atomic mass is 9.79. The van der Waals surface area contributed by atoms with Crippen molar-refractivity contribution in [2.75, 3.05) is 33.3 Å². The molecule has 2 aromatic rings. The number of rotatable bonds is 11. The van der Waals surface area contributed by atoms with E-state index in [-0.39, 0.29) is 25.0 Å². The van der Waals surface area contributed by atoms with E-state index in [9.17, 15) is 14.4 Å². The molecule has 0 saturated carbocycles. The van der Waals surface area contributed by atoms with Gasteiger partial charge in [-0.25, -0.2) is 0 Å². The molecular weight excluding hydrogens is 468 g/mol. The summed E-state index contributed by atoms with van der Waals surface area (Å²) in [6.45, 7) is 6.72. The van der Waals surface area contributed by atoms with Gasteiger partial charge in [0.05, 0.1) is 24.2 Å². The van der Waals surface area contributed by atoms with E-state index in [1.54, 1.807) is 30.7 Å². The van der Waals surface area contributed by atoms with Gasteiger partial charge in [0.15, 0.2) is 0 Å². The summed E-state index contributed by atoms with van der Waals surface area (Å²) in [4.78, 5) is 43.4. The molecule has 1 aliphatic heterocycles. The van der Waals surface area contributed by atoms with Crippen LogP contribution in [0.25, 0.3) is 0 Å². The molecule has 2 aromatic carbocycles. The minimum absolute atomic E-state index is 0.000538.